The molecule has 0 saturated carbocycles. The first-order valence-electron chi connectivity index (χ1n) is 6.94. The molecule has 0 bridgehead atoms. The van der Waals surface area contributed by atoms with E-state index < -0.39 is 0 Å². The molecule has 0 aromatic heterocycles. The molecule has 1 atom stereocenters. The zero-order valence-corrected chi connectivity index (χ0v) is 11.3. The summed E-state index contributed by atoms with van der Waals surface area (Å²) in [7, 11) is 0. The Morgan fingerprint density at radius 2 is 1.47 bits per heavy atom. The quantitative estimate of drug-likeness (QED) is 0.588. The Morgan fingerprint density at radius 3 is 2.16 bits per heavy atom. The Labute approximate surface area is 115 Å². The van der Waals surface area contributed by atoms with E-state index in [1.54, 1.807) is 0 Å². The second kappa shape index (κ2) is 7.72. The molecule has 2 rings (SSSR count). The SMILES string of the molecule is NC(NCCCCc1ccccc1)c1ccccc1. The minimum atomic E-state index is -0.0575. The maximum absolute atomic E-state index is 6.08. The number of hydrogen-bond acceptors (Lipinski definition) is 2. The van der Waals surface area contributed by atoms with Crippen molar-refractivity contribution in [2.75, 3.05) is 6.54 Å². The van der Waals surface area contributed by atoms with Crippen LogP contribution in [0.15, 0.2) is 60.7 Å². The number of unbranched alkanes of at least 4 members (excludes halogenated alkanes) is 1. The number of rotatable bonds is 7. The van der Waals surface area contributed by atoms with Crippen molar-refractivity contribution in [3.63, 3.8) is 0 Å². The van der Waals surface area contributed by atoms with Crippen LogP contribution in [-0.2, 0) is 6.42 Å². The van der Waals surface area contributed by atoms with Crippen LogP contribution in [0, 0.1) is 0 Å². The monoisotopic (exact) mass is 254 g/mol. The van der Waals surface area contributed by atoms with Gasteiger partial charge in [-0.25, -0.2) is 0 Å². The van der Waals surface area contributed by atoms with Gasteiger partial charge in [0.2, 0.25) is 0 Å². The Bertz CT molecular complexity index is 453. The van der Waals surface area contributed by atoms with Crippen LogP contribution >= 0.6 is 0 Å². The molecule has 0 saturated heterocycles. The van der Waals surface area contributed by atoms with E-state index in [4.69, 9.17) is 5.73 Å². The van der Waals surface area contributed by atoms with Crippen LogP contribution in [0.25, 0.3) is 0 Å². The number of nitrogens with one attached hydrogen (secondary N) is 1. The third-order valence-electron chi connectivity index (χ3n) is 3.26. The third-order valence-corrected chi connectivity index (χ3v) is 3.26. The van der Waals surface area contributed by atoms with E-state index in [2.05, 4.69) is 47.8 Å². The highest BCUT2D eigenvalue weighted by Crippen LogP contribution is 2.07. The average Bonchev–Trinajstić information content (AvgIpc) is 2.49. The van der Waals surface area contributed by atoms with Gasteiger partial charge < -0.3 is 5.73 Å². The molecule has 0 heterocycles. The molecule has 1 unspecified atom stereocenters. The summed E-state index contributed by atoms with van der Waals surface area (Å²) in [5, 5.41) is 3.36. The summed E-state index contributed by atoms with van der Waals surface area (Å²) in [4.78, 5) is 0. The summed E-state index contributed by atoms with van der Waals surface area (Å²) in [6.45, 7) is 0.961. The van der Waals surface area contributed by atoms with Crippen molar-refractivity contribution in [1.29, 1.82) is 0 Å². The molecule has 19 heavy (non-hydrogen) atoms. The first-order chi connectivity index (χ1) is 9.36. The molecule has 0 aliphatic carbocycles. The van der Waals surface area contributed by atoms with Gasteiger partial charge in [-0.1, -0.05) is 60.7 Å². The van der Waals surface area contributed by atoms with Crippen molar-refractivity contribution in [3.8, 4) is 0 Å². The van der Waals surface area contributed by atoms with Gasteiger partial charge in [0, 0.05) is 0 Å². The normalized spacial score (nSPS) is 12.3. The fourth-order valence-corrected chi connectivity index (χ4v) is 2.13. The van der Waals surface area contributed by atoms with Gasteiger partial charge in [0.1, 0.15) is 0 Å². The van der Waals surface area contributed by atoms with Crippen molar-refractivity contribution in [2.45, 2.75) is 25.4 Å². The molecule has 2 nitrogen and oxygen atoms in total. The fourth-order valence-electron chi connectivity index (χ4n) is 2.13. The molecule has 0 amide bonds. The summed E-state index contributed by atoms with van der Waals surface area (Å²) in [5.41, 5.74) is 8.63. The van der Waals surface area contributed by atoms with Crippen molar-refractivity contribution in [2.24, 2.45) is 5.73 Å². The minimum absolute atomic E-state index is 0.0575. The van der Waals surface area contributed by atoms with Crippen LogP contribution in [0.4, 0.5) is 0 Å². The summed E-state index contributed by atoms with van der Waals surface area (Å²) in [6.07, 6.45) is 3.43. The summed E-state index contributed by atoms with van der Waals surface area (Å²) in [6, 6.07) is 20.8. The molecule has 0 aliphatic rings. The molecule has 3 N–H and O–H groups in total. The van der Waals surface area contributed by atoms with E-state index in [1.165, 1.54) is 12.0 Å². The predicted octanol–water partition coefficient (Wildman–Crippen LogP) is 3.26. The molecule has 0 aliphatic heterocycles. The van der Waals surface area contributed by atoms with Gasteiger partial charge >= 0.3 is 0 Å². The van der Waals surface area contributed by atoms with E-state index in [-0.39, 0.29) is 6.17 Å². The zero-order valence-electron chi connectivity index (χ0n) is 11.3. The maximum Gasteiger partial charge on any atom is 0.0810 e. The molecule has 0 fully saturated rings. The lowest BCUT2D eigenvalue weighted by atomic mass is 10.1. The first-order valence-corrected chi connectivity index (χ1v) is 6.94. The largest absolute Gasteiger partial charge is 0.312 e. The standard InChI is InChI=1S/C17H22N2/c18-17(16-12-5-2-6-13-16)19-14-8-7-11-15-9-3-1-4-10-15/h1-6,9-10,12-13,17,19H,7-8,11,14,18H2. The van der Waals surface area contributed by atoms with Gasteiger partial charge in [-0.2, -0.15) is 0 Å². The Kier molecular flexibility index (Phi) is 5.60. The number of hydrogen-bond donors (Lipinski definition) is 2. The van der Waals surface area contributed by atoms with E-state index in [9.17, 15) is 0 Å². The van der Waals surface area contributed by atoms with Crippen LogP contribution in [0.3, 0.4) is 0 Å². The Balaban J connectivity index is 1.62. The summed E-state index contributed by atoms with van der Waals surface area (Å²) < 4.78 is 0. The number of nitrogens with two attached hydrogens (primary N) is 1. The molecule has 0 radical (unpaired) electrons. The Morgan fingerprint density at radius 1 is 0.842 bits per heavy atom. The third kappa shape index (κ3) is 4.86. The smallest absolute Gasteiger partial charge is 0.0810 e. The highest BCUT2D eigenvalue weighted by Gasteiger charge is 2.02. The van der Waals surface area contributed by atoms with Gasteiger partial charge in [-0.3, -0.25) is 5.32 Å². The van der Waals surface area contributed by atoms with Crippen molar-refractivity contribution >= 4 is 0 Å². The van der Waals surface area contributed by atoms with Crippen LogP contribution in [-0.4, -0.2) is 6.54 Å². The van der Waals surface area contributed by atoms with E-state index in [1.807, 2.05) is 18.2 Å². The van der Waals surface area contributed by atoms with Gasteiger partial charge in [-0.15, -0.1) is 0 Å². The molecule has 2 aromatic rings. The lowest BCUT2D eigenvalue weighted by Gasteiger charge is -2.13. The first kappa shape index (κ1) is 13.8. The van der Waals surface area contributed by atoms with E-state index >= 15 is 0 Å². The average molecular weight is 254 g/mol. The van der Waals surface area contributed by atoms with Crippen molar-refractivity contribution in [3.05, 3.63) is 71.8 Å². The lowest BCUT2D eigenvalue weighted by Crippen LogP contribution is -2.29. The van der Waals surface area contributed by atoms with Crippen molar-refractivity contribution in [1.82, 2.24) is 5.32 Å². The number of benzene rings is 2. The second-order valence-electron chi connectivity index (χ2n) is 4.79. The highest BCUT2D eigenvalue weighted by molar-refractivity contribution is 5.17. The highest BCUT2D eigenvalue weighted by atomic mass is 15.0. The predicted molar refractivity (Wildman–Crippen MR) is 80.8 cm³/mol. The molecule has 2 aromatic carbocycles. The van der Waals surface area contributed by atoms with Crippen LogP contribution in [0.2, 0.25) is 0 Å². The Hall–Kier alpha value is -1.64. The van der Waals surface area contributed by atoms with Gasteiger partial charge in [0.15, 0.2) is 0 Å². The fraction of sp³-hybridized carbons (Fsp3) is 0.294. The molecule has 2 heteroatoms. The van der Waals surface area contributed by atoms with Gasteiger partial charge in [-0.05, 0) is 36.9 Å². The molecule has 0 spiro atoms. The second-order valence-corrected chi connectivity index (χ2v) is 4.79. The van der Waals surface area contributed by atoms with Gasteiger partial charge in [0.25, 0.3) is 0 Å². The van der Waals surface area contributed by atoms with Crippen LogP contribution in [0.1, 0.15) is 30.1 Å². The molecule has 100 valence electrons. The minimum Gasteiger partial charge on any atom is -0.312 e. The van der Waals surface area contributed by atoms with Gasteiger partial charge in [0.05, 0.1) is 6.17 Å². The van der Waals surface area contributed by atoms with E-state index in [0.717, 1.165) is 24.9 Å². The summed E-state index contributed by atoms with van der Waals surface area (Å²) in [5.74, 6) is 0. The molecular formula is C17H22N2. The summed E-state index contributed by atoms with van der Waals surface area (Å²) >= 11 is 0. The van der Waals surface area contributed by atoms with Crippen LogP contribution in [0.5, 0.6) is 0 Å². The molecular weight excluding hydrogens is 232 g/mol. The lowest BCUT2D eigenvalue weighted by molar-refractivity contribution is 0.529. The topological polar surface area (TPSA) is 38.0 Å². The van der Waals surface area contributed by atoms with Crippen molar-refractivity contribution < 1.29 is 0 Å². The zero-order chi connectivity index (χ0) is 13.3. The number of aryl methyl sites for hydroxylation is 1. The van der Waals surface area contributed by atoms with E-state index in [0.29, 0.717) is 0 Å². The van der Waals surface area contributed by atoms with Crippen LogP contribution < -0.4 is 11.1 Å². The maximum atomic E-state index is 6.08.